The second-order valence-corrected chi connectivity index (χ2v) is 19.2. The number of amides is 2. The number of ether oxygens (including phenoxy) is 4. The minimum absolute atomic E-state index is 0.283. The fourth-order valence-corrected chi connectivity index (χ4v) is 14.3. The van der Waals surface area contributed by atoms with Crippen molar-refractivity contribution in [1.82, 2.24) is 0 Å². The highest BCUT2D eigenvalue weighted by atomic mass is 16.6. The predicted molar refractivity (Wildman–Crippen MR) is 194 cm³/mol. The zero-order chi connectivity index (χ0) is 37.7. The highest BCUT2D eigenvalue weighted by Gasteiger charge is 2.70. The summed E-state index contributed by atoms with van der Waals surface area (Å²) in [5.74, 6) is 2.55. The van der Waals surface area contributed by atoms with Gasteiger partial charge in [0, 0.05) is 13.8 Å². The lowest BCUT2D eigenvalue weighted by molar-refractivity contribution is -0.241. The van der Waals surface area contributed by atoms with Crippen LogP contribution in [0.4, 0.5) is 9.59 Å². The predicted octanol–water partition coefficient (Wildman–Crippen LogP) is 8.32. The minimum atomic E-state index is -1.31. The van der Waals surface area contributed by atoms with Crippen LogP contribution in [0.5, 0.6) is 0 Å². The molecule has 0 aromatic carbocycles. The molecule has 0 aromatic heterocycles. The Morgan fingerprint density at radius 3 is 1.84 bits per heavy atom. The van der Waals surface area contributed by atoms with E-state index in [1.54, 1.807) is 0 Å². The van der Waals surface area contributed by atoms with Gasteiger partial charge in [0.25, 0.3) is 0 Å². The van der Waals surface area contributed by atoms with Crippen LogP contribution in [0.2, 0.25) is 0 Å². The number of esters is 2. The summed E-state index contributed by atoms with van der Waals surface area (Å²) in [6.07, 6.45) is 9.83. The number of rotatable bonds is 11. The van der Waals surface area contributed by atoms with Gasteiger partial charge in [0.15, 0.2) is 12.2 Å². The quantitative estimate of drug-likeness (QED) is 0.160. The molecule has 13 atom stereocenters. The number of carbonyl (C=O) groups excluding carboxylic acids is 4. The third kappa shape index (κ3) is 7.12. The van der Waals surface area contributed by atoms with Crippen molar-refractivity contribution >= 4 is 24.1 Å². The van der Waals surface area contributed by atoms with Crippen molar-refractivity contribution in [3.63, 3.8) is 0 Å². The molecule has 290 valence electrons. The number of hydrogen-bond donors (Lipinski definition) is 2. The zero-order valence-corrected chi connectivity index (χ0v) is 33.0. The Morgan fingerprint density at radius 1 is 0.647 bits per heavy atom. The van der Waals surface area contributed by atoms with E-state index in [9.17, 15) is 19.2 Å². The van der Waals surface area contributed by atoms with Gasteiger partial charge in [-0.3, -0.25) is 9.59 Å². The molecule has 4 N–H and O–H groups in total. The Labute approximate surface area is 306 Å². The van der Waals surface area contributed by atoms with Gasteiger partial charge in [-0.1, -0.05) is 54.9 Å². The van der Waals surface area contributed by atoms with E-state index in [1.165, 1.54) is 84.5 Å². The Balaban J connectivity index is 1.33. The summed E-state index contributed by atoms with van der Waals surface area (Å²) in [5.41, 5.74) is 12.3. The van der Waals surface area contributed by atoms with Gasteiger partial charge in [0.1, 0.15) is 12.7 Å². The molecular weight excluding hydrogens is 648 g/mol. The van der Waals surface area contributed by atoms with Crippen LogP contribution in [0.1, 0.15) is 146 Å². The summed E-state index contributed by atoms with van der Waals surface area (Å²) in [4.78, 5) is 47.7. The lowest BCUT2D eigenvalue weighted by Gasteiger charge is -2.73. The van der Waals surface area contributed by atoms with Crippen molar-refractivity contribution in [1.29, 1.82) is 0 Å². The van der Waals surface area contributed by atoms with E-state index in [0.29, 0.717) is 58.2 Å². The van der Waals surface area contributed by atoms with E-state index in [0.717, 1.165) is 11.8 Å². The van der Waals surface area contributed by atoms with Crippen LogP contribution < -0.4 is 11.5 Å². The summed E-state index contributed by atoms with van der Waals surface area (Å²) in [6.45, 7) is 20.1. The molecular formula is C41H68N2O8. The summed E-state index contributed by atoms with van der Waals surface area (Å²) in [7, 11) is 0. The van der Waals surface area contributed by atoms with Gasteiger partial charge < -0.3 is 30.4 Å². The third-order valence-corrected chi connectivity index (χ3v) is 16.4. The van der Waals surface area contributed by atoms with E-state index in [2.05, 4.69) is 48.5 Å². The molecule has 5 saturated carbocycles. The van der Waals surface area contributed by atoms with Gasteiger partial charge in [-0.15, -0.1) is 0 Å². The average Bonchev–Trinajstić information content (AvgIpc) is 3.36. The van der Waals surface area contributed by atoms with E-state index in [-0.39, 0.29) is 5.41 Å². The van der Waals surface area contributed by atoms with Crippen molar-refractivity contribution in [2.24, 2.45) is 74.0 Å². The first-order valence-electron chi connectivity index (χ1n) is 19.9. The molecule has 0 heterocycles. The molecule has 51 heavy (non-hydrogen) atoms. The van der Waals surface area contributed by atoms with Gasteiger partial charge in [-0.05, 0) is 140 Å². The molecule has 5 fully saturated rings. The zero-order valence-electron chi connectivity index (χ0n) is 33.0. The van der Waals surface area contributed by atoms with Crippen LogP contribution in [0.15, 0.2) is 0 Å². The summed E-state index contributed by atoms with van der Waals surface area (Å²) in [6, 6.07) is 0. The van der Waals surface area contributed by atoms with Crippen molar-refractivity contribution in [3.8, 4) is 0 Å². The lowest BCUT2D eigenvalue weighted by atomic mass is 9.32. The molecule has 0 saturated heterocycles. The van der Waals surface area contributed by atoms with Crippen molar-refractivity contribution < 1.29 is 38.1 Å². The molecule has 2 amide bonds. The fraction of sp³-hybridized carbons (Fsp3) is 0.902. The van der Waals surface area contributed by atoms with Gasteiger partial charge in [0.2, 0.25) is 0 Å². The Bertz CT molecular complexity index is 1340. The van der Waals surface area contributed by atoms with Gasteiger partial charge in [-0.2, -0.15) is 0 Å². The molecule has 10 heteroatoms. The molecule has 10 nitrogen and oxygen atoms in total. The minimum Gasteiger partial charge on any atom is -0.458 e. The summed E-state index contributed by atoms with van der Waals surface area (Å²) >= 11 is 0. The van der Waals surface area contributed by atoms with E-state index < -0.39 is 49.0 Å². The molecule has 5 rings (SSSR count). The third-order valence-electron chi connectivity index (χ3n) is 16.4. The number of hydrogen-bond acceptors (Lipinski definition) is 8. The van der Waals surface area contributed by atoms with Gasteiger partial charge in [-0.25, -0.2) is 9.59 Å². The molecule has 0 radical (unpaired) electrons. The van der Waals surface area contributed by atoms with Crippen LogP contribution >= 0.6 is 0 Å². The number of fused-ring (bicyclic) bond motifs is 7. The molecule has 1 unspecified atom stereocenters. The first-order valence-corrected chi connectivity index (χ1v) is 19.9. The average molecular weight is 717 g/mol. The molecule has 5 aliphatic rings. The van der Waals surface area contributed by atoms with Crippen LogP contribution in [-0.4, -0.2) is 49.0 Å². The Hall–Kier alpha value is -2.52. The van der Waals surface area contributed by atoms with Crippen molar-refractivity contribution in [2.45, 2.75) is 164 Å². The first-order chi connectivity index (χ1) is 23.7. The van der Waals surface area contributed by atoms with Crippen molar-refractivity contribution in [3.05, 3.63) is 0 Å². The maximum atomic E-state index is 12.3. The monoisotopic (exact) mass is 716 g/mol. The second-order valence-electron chi connectivity index (χ2n) is 19.2. The maximum Gasteiger partial charge on any atom is 0.405 e. The van der Waals surface area contributed by atoms with Gasteiger partial charge in [0.05, 0.1) is 0 Å². The summed E-state index contributed by atoms with van der Waals surface area (Å²) in [5, 5.41) is 0. The smallest absolute Gasteiger partial charge is 0.405 e. The summed E-state index contributed by atoms with van der Waals surface area (Å²) < 4.78 is 21.4. The number of carbonyl (C=O) groups is 4. The van der Waals surface area contributed by atoms with Gasteiger partial charge >= 0.3 is 24.1 Å². The maximum absolute atomic E-state index is 12.3. The topological polar surface area (TPSA) is 157 Å². The molecule has 0 aliphatic heterocycles. The SMILES string of the molecule is CC(=O)O[C@@H]([C@H](COC(N)=O)OC(N)=O)[C@@H](CCC(C)[C@H]1CC[C@]2(C)[C@H]3CC[C@@H]4[C@@]5(C)CCCC(C)(C)[C@@H]5CC[C@@]4(C)[C@]3(C)CC[C@@H]12)OC(C)=O. The highest BCUT2D eigenvalue weighted by molar-refractivity contribution is 5.68. The van der Waals surface area contributed by atoms with E-state index in [4.69, 9.17) is 30.4 Å². The largest absolute Gasteiger partial charge is 0.458 e. The van der Waals surface area contributed by atoms with Crippen LogP contribution in [0, 0.1) is 62.6 Å². The standard InChI is InChI=1S/C41H68N2O8/c1-24(11-12-29(49-25(2)44)34(50-26(3)45)30(51-36(43)47)23-48-35(42)46)27-15-20-38(6)28(27)16-21-40(8)32(38)13-14-33-39(7)19-10-18-37(4,5)31(39)17-22-41(33,40)9/h24,27-34H,10-23H2,1-9H3,(H2,42,46)(H2,43,47)/t24?,27-,28+,29-,30+,31+,32-,33-,34-,38+,39+,40-,41-/m1/s1. The van der Waals surface area contributed by atoms with E-state index >= 15 is 0 Å². The molecule has 5 aliphatic carbocycles. The normalized spacial score (nSPS) is 40.5. The van der Waals surface area contributed by atoms with Crippen LogP contribution in [0.3, 0.4) is 0 Å². The van der Waals surface area contributed by atoms with Crippen LogP contribution in [0.25, 0.3) is 0 Å². The van der Waals surface area contributed by atoms with Crippen LogP contribution in [-0.2, 0) is 28.5 Å². The number of primary amides is 2. The lowest BCUT2D eigenvalue weighted by Crippen LogP contribution is -2.65. The second kappa shape index (κ2) is 14.4. The number of nitrogens with two attached hydrogens (primary N) is 2. The molecule has 0 aromatic rings. The molecule has 0 bridgehead atoms. The Kier molecular flexibility index (Phi) is 11.2. The van der Waals surface area contributed by atoms with E-state index in [1.807, 2.05) is 0 Å². The molecule has 0 spiro atoms. The fourth-order valence-electron chi connectivity index (χ4n) is 14.3. The Morgan fingerprint density at radius 2 is 1.25 bits per heavy atom. The first kappa shape index (κ1) is 39.7. The highest BCUT2D eigenvalue weighted by Crippen LogP contribution is 2.78. The van der Waals surface area contributed by atoms with Crippen molar-refractivity contribution in [2.75, 3.05) is 6.61 Å².